The second-order valence-electron chi connectivity index (χ2n) is 7.67. The number of urea groups is 1. The molecule has 3 amide bonds. The molecule has 3 rings (SSSR count). The van der Waals surface area contributed by atoms with Crippen LogP contribution in [0.4, 0.5) is 16.2 Å². The van der Waals surface area contributed by atoms with E-state index in [1.54, 1.807) is 6.20 Å². The van der Waals surface area contributed by atoms with Crippen LogP contribution in [0.25, 0.3) is 0 Å². The number of amides is 3. The lowest BCUT2D eigenvalue weighted by Crippen LogP contribution is -2.41. The van der Waals surface area contributed by atoms with Crippen LogP contribution in [0.5, 0.6) is 0 Å². The molecule has 1 saturated heterocycles. The largest absolute Gasteiger partial charge is 0.375 e. The monoisotopic (exact) mass is 399 g/mol. The molecular weight excluding hydrogens is 370 g/mol. The minimum atomic E-state index is -0.231. The van der Waals surface area contributed by atoms with E-state index in [1.165, 1.54) is 12.7 Å². The molecule has 0 aliphatic carbocycles. The molecule has 1 aromatic heterocycles. The van der Waals surface area contributed by atoms with Crippen molar-refractivity contribution in [3.8, 4) is 0 Å². The van der Waals surface area contributed by atoms with Gasteiger partial charge in [0.25, 0.3) is 0 Å². The maximum atomic E-state index is 12.8. The summed E-state index contributed by atoms with van der Waals surface area (Å²) in [6.45, 7) is 5.50. The lowest BCUT2D eigenvalue weighted by atomic mass is 9.94. The first-order chi connectivity index (χ1) is 14.0. The van der Waals surface area contributed by atoms with E-state index >= 15 is 0 Å². The molecule has 0 saturated carbocycles. The molecule has 1 aromatic carbocycles. The van der Waals surface area contributed by atoms with Gasteiger partial charge in [-0.15, -0.1) is 0 Å². The molecule has 1 unspecified atom stereocenters. The molecule has 2 aromatic rings. The summed E-state index contributed by atoms with van der Waals surface area (Å²) in [5.74, 6) is 0.251. The highest BCUT2D eigenvalue weighted by atomic mass is 16.5. The number of aromatic nitrogens is 2. The second-order valence-corrected chi connectivity index (χ2v) is 7.67. The predicted molar refractivity (Wildman–Crippen MR) is 112 cm³/mol. The van der Waals surface area contributed by atoms with Gasteiger partial charge in [-0.05, 0) is 36.5 Å². The Hall–Kier alpha value is -2.87. The van der Waals surface area contributed by atoms with Crippen LogP contribution in [0.1, 0.15) is 49.8 Å². The van der Waals surface area contributed by atoms with E-state index in [9.17, 15) is 9.59 Å². The third kappa shape index (κ3) is 5.35. The Morgan fingerprint density at radius 1 is 1.34 bits per heavy atom. The van der Waals surface area contributed by atoms with Gasteiger partial charge in [-0.3, -0.25) is 9.89 Å². The second kappa shape index (κ2) is 9.56. The summed E-state index contributed by atoms with van der Waals surface area (Å²) in [5, 5.41) is 12.9. The Bertz CT molecular complexity index is 848. The first-order valence-electron chi connectivity index (χ1n) is 9.96. The molecule has 1 fully saturated rings. The van der Waals surface area contributed by atoms with E-state index in [0.29, 0.717) is 24.7 Å². The number of piperidine rings is 1. The zero-order chi connectivity index (χ0) is 20.8. The summed E-state index contributed by atoms with van der Waals surface area (Å²) in [7, 11) is 1.48. The summed E-state index contributed by atoms with van der Waals surface area (Å²) in [4.78, 5) is 26.5. The van der Waals surface area contributed by atoms with Crippen LogP contribution in [0, 0.1) is 0 Å². The van der Waals surface area contributed by atoms with E-state index in [4.69, 9.17) is 4.74 Å². The predicted octanol–water partition coefficient (Wildman–Crippen LogP) is 3.53. The number of ether oxygens (including phenoxy) is 1. The van der Waals surface area contributed by atoms with Crippen LogP contribution >= 0.6 is 0 Å². The molecule has 8 heteroatoms. The Kier molecular flexibility index (Phi) is 6.87. The standard InChI is InChI=1S/C21H29N5O3/c1-14(2)15-6-4-8-17(10-15)23-21(28)26-9-5-7-16(12-26)20-18(11-22-25-20)24-19(27)13-29-3/h4,6,8,10-11,14,16H,5,7,9,12-13H2,1-3H3,(H,22,25)(H,23,28)(H,24,27). The molecule has 156 valence electrons. The molecule has 0 spiro atoms. The highest BCUT2D eigenvalue weighted by molar-refractivity contribution is 5.92. The van der Waals surface area contributed by atoms with Crippen LogP contribution < -0.4 is 10.6 Å². The Morgan fingerprint density at radius 3 is 2.93 bits per heavy atom. The van der Waals surface area contributed by atoms with Crippen LogP contribution in [0.3, 0.4) is 0 Å². The van der Waals surface area contributed by atoms with Gasteiger partial charge in [0, 0.05) is 31.8 Å². The maximum Gasteiger partial charge on any atom is 0.321 e. The van der Waals surface area contributed by atoms with E-state index in [0.717, 1.165) is 24.2 Å². The van der Waals surface area contributed by atoms with Crippen molar-refractivity contribution in [2.75, 3.05) is 37.4 Å². The fourth-order valence-corrected chi connectivity index (χ4v) is 3.60. The lowest BCUT2D eigenvalue weighted by molar-refractivity contribution is -0.119. The van der Waals surface area contributed by atoms with Gasteiger partial charge in [0.15, 0.2) is 0 Å². The third-order valence-corrected chi connectivity index (χ3v) is 5.14. The zero-order valence-electron chi connectivity index (χ0n) is 17.2. The number of hydrogen-bond acceptors (Lipinski definition) is 4. The number of hydrogen-bond donors (Lipinski definition) is 3. The van der Waals surface area contributed by atoms with Gasteiger partial charge in [-0.1, -0.05) is 26.0 Å². The lowest BCUT2D eigenvalue weighted by Gasteiger charge is -2.32. The van der Waals surface area contributed by atoms with Gasteiger partial charge in [0.05, 0.1) is 17.6 Å². The van der Waals surface area contributed by atoms with Crippen LogP contribution in [0.2, 0.25) is 0 Å². The molecule has 0 bridgehead atoms. The molecule has 1 aliphatic rings. The van der Waals surface area contributed by atoms with Gasteiger partial charge in [-0.2, -0.15) is 5.10 Å². The summed E-state index contributed by atoms with van der Waals surface area (Å²) < 4.78 is 4.86. The van der Waals surface area contributed by atoms with Crippen LogP contribution in [0.15, 0.2) is 30.5 Å². The number of likely N-dealkylation sites (tertiary alicyclic amines) is 1. The zero-order valence-corrected chi connectivity index (χ0v) is 17.2. The Balaban J connectivity index is 1.65. The van der Waals surface area contributed by atoms with Crippen molar-refractivity contribution >= 4 is 23.3 Å². The molecule has 1 aliphatic heterocycles. The number of carbonyl (C=O) groups excluding carboxylic acids is 2. The first kappa shape index (κ1) is 20.9. The van der Waals surface area contributed by atoms with Crippen molar-refractivity contribution in [3.05, 3.63) is 41.7 Å². The quantitative estimate of drug-likeness (QED) is 0.692. The fourth-order valence-electron chi connectivity index (χ4n) is 3.60. The van der Waals surface area contributed by atoms with Gasteiger partial charge in [0.2, 0.25) is 5.91 Å². The normalized spacial score (nSPS) is 16.7. The van der Waals surface area contributed by atoms with Crippen LogP contribution in [-0.4, -0.2) is 53.8 Å². The maximum absolute atomic E-state index is 12.8. The van der Waals surface area contributed by atoms with Gasteiger partial charge < -0.3 is 20.3 Å². The van der Waals surface area contributed by atoms with Crippen molar-refractivity contribution in [1.29, 1.82) is 0 Å². The molecule has 1 atom stereocenters. The minimum Gasteiger partial charge on any atom is -0.375 e. The Morgan fingerprint density at radius 2 is 2.17 bits per heavy atom. The topological polar surface area (TPSA) is 99.3 Å². The summed E-state index contributed by atoms with van der Waals surface area (Å²) in [5.41, 5.74) is 3.48. The number of aromatic amines is 1. The summed E-state index contributed by atoms with van der Waals surface area (Å²) in [6, 6.07) is 7.84. The van der Waals surface area contributed by atoms with E-state index in [2.05, 4.69) is 40.7 Å². The summed E-state index contributed by atoms with van der Waals surface area (Å²) >= 11 is 0. The molecule has 8 nitrogen and oxygen atoms in total. The number of nitrogens with zero attached hydrogens (tertiary/aromatic N) is 2. The molecule has 0 radical (unpaired) electrons. The molecule has 2 heterocycles. The average molecular weight is 399 g/mol. The van der Waals surface area contributed by atoms with E-state index < -0.39 is 0 Å². The minimum absolute atomic E-state index is 0.0146. The van der Waals surface area contributed by atoms with Crippen molar-refractivity contribution in [2.24, 2.45) is 0 Å². The van der Waals surface area contributed by atoms with Gasteiger partial charge in [-0.25, -0.2) is 4.79 Å². The molecular formula is C21H29N5O3. The third-order valence-electron chi connectivity index (χ3n) is 5.14. The number of anilines is 2. The highest BCUT2D eigenvalue weighted by Crippen LogP contribution is 2.30. The highest BCUT2D eigenvalue weighted by Gasteiger charge is 2.28. The number of methoxy groups -OCH3 is 1. The van der Waals surface area contributed by atoms with Crippen molar-refractivity contribution in [2.45, 2.75) is 38.5 Å². The van der Waals surface area contributed by atoms with Gasteiger partial charge in [0.1, 0.15) is 6.61 Å². The molecule has 3 N–H and O–H groups in total. The van der Waals surface area contributed by atoms with Crippen molar-refractivity contribution in [1.82, 2.24) is 15.1 Å². The molecule has 29 heavy (non-hydrogen) atoms. The number of rotatable bonds is 6. The smallest absolute Gasteiger partial charge is 0.321 e. The average Bonchev–Trinajstić information content (AvgIpc) is 3.16. The van der Waals surface area contributed by atoms with Gasteiger partial charge >= 0.3 is 6.03 Å². The van der Waals surface area contributed by atoms with E-state index in [-0.39, 0.29) is 24.5 Å². The number of H-pyrrole nitrogens is 1. The SMILES string of the molecule is COCC(=O)Nc1cn[nH]c1C1CCCN(C(=O)Nc2cccc(C(C)C)c2)C1. The van der Waals surface area contributed by atoms with Crippen molar-refractivity contribution < 1.29 is 14.3 Å². The first-order valence-corrected chi connectivity index (χ1v) is 9.96. The number of carbonyl (C=O) groups is 2. The van der Waals surface area contributed by atoms with Crippen molar-refractivity contribution in [3.63, 3.8) is 0 Å². The fraction of sp³-hybridized carbons (Fsp3) is 0.476. The summed E-state index contributed by atoms with van der Waals surface area (Å²) in [6.07, 6.45) is 3.40. The number of benzene rings is 1. The van der Waals surface area contributed by atoms with Crippen LogP contribution in [-0.2, 0) is 9.53 Å². The Labute approximate surface area is 171 Å². The van der Waals surface area contributed by atoms with E-state index in [1.807, 2.05) is 23.1 Å². The number of nitrogens with one attached hydrogen (secondary N) is 3.